The Morgan fingerprint density at radius 3 is 2.62 bits per heavy atom. The Bertz CT molecular complexity index is 324. The molecule has 3 unspecified atom stereocenters. The second kappa shape index (κ2) is 4.56. The molecule has 88 valence electrons. The summed E-state index contributed by atoms with van der Waals surface area (Å²) in [5.41, 5.74) is 1.06. The van der Waals surface area contributed by atoms with Crippen molar-refractivity contribution in [2.75, 3.05) is 13.2 Å². The molecule has 1 aromatic rings. The van der Waals surface area contributed by atoms with E-state index < -0.39 is 0 Å². The van der Waals surface area contributed by atoms with Crippen molar-refractivity contribution < 1.29 is 4.74 Å². The van der Waals surface area contributed by atoms with Crippen LogP contribution in [-0.2, 0) is 10.3 Å². The molecule has 1 saturated heterocycles. The molecule has 2 nitrogen and oxygen atoms in total. The molecular weight excluding hydrogens is 198 g/mol. The van der Waals surface area contributed by atoms with Gasteiger partial charge in [-0.1, -0.05) is 37.3 Å². The van der Waals surface area contributed by atoms with Gasteiger partial charge in [0.05, 0.1) is 6.61 Å². The van der Waals surface area contributed by atoms with Crippen LogP contribution in [0.15, 0.2) is 30.3 Å². The molecule has 0 amide bonds. The molecule has 0 radical (unpaired) electrons. The van der Waals surface area contributed by atoms with Crippen LogP contribution in [0.1, 0.15) is 26.3 Å². The van der Waals surface area contributed by atoms with Gasteiger partial charge in [0, 0.05) is 12.6 Å². The maximum Gasteiger partial charge on any atom is 0.103 e. The van der Waals surface area contributed by atoms with Crippen molar-refractivity contribution in [2.24, 2.45) is 5.92 Å². The number of benzene rings is 1. The van der Waals surface area contributed by atoms with Crippen LogP contribution in [0.5, 0.6) is 0 Å². The van der Waals surface area contributed by atoms with Crippen LogP contribution in [0.3, 0.4) is 0 Å². The van der Waals surface area contributed by atoms with Gasteiger partial charge < -0.3 is 10.1 Å². The molecule has 0 spiro atoms. The largest absolute Gasteiger partial charge is 0.369 e. The van der Waals surface area contributed by atoms with E-state index >= 15 is 0 Å². The lowest BCUT2D eigenvalue weighted by Crippen LogP contribution is -2.38. The third kappa shape index (κ3) is 2.28. The molecular formula is C14H21NO. The van der Waals surface area contributed by atoms with E-state index in [0.29, 0.717) is 12.0 Å². The zero-order chi connectivity index (χ0) is 11.6. The number of rotatable bonds is 1. The van der Waals surface area contributed by atoms with Gasteiger partial charge in [-0.15, -0.1) is 0 Å². The van der Waals surface area contributed by atoms with Gasteiger partial charge in [-0.05, 0) is 25.3 Å². The monoisotopic (exact) mass is 219 g/mol. The van der Waals surface area contributed by atoms with Crippen molar-refractivity contribution in [3.05, 3.63) is 35.9 Å². The maximum atomic E-state index is 6.10. The van der Waals surface area contributed by atoms with Crippen LogP contribution in [0.2, 0.25) is 0 Å². The topological polar surface area (TPSA) is 21.3 Å². The highest BCUT2D eigenvalue weighted by Crippen LogP contribution is 2.28. The Kier molecular flexibility index (Phi) is 3.31. The highest BCUT2D eigenvalue weighted by molar-refractivity contribution is 5.22. The first kappa shape index (κ1) is 11.6. The fourth-order valence-corrected chi connectivity index (χ4v) is 2.04. The van der Waals surface area contributed by atoms with Gasteiger partial charge in [-0.25, -0.2) is 0 Å². The molecule has 0 aliphatic carbocycles. The molecule has 1 N–H and O–H groups in total. The van der Waals surface area contributed by atoms with Crippen molar-refractivity contribution in [2.45, 2.75) is 32.4 Å². The molecule has 2 rings (SSSR count). The Morgan fingerprint density at radius 1 is 1.25 bits per heavy atom. The highest BCUT2D eigenvalue weighted by Gasteiger charge is 2.32. The van der Waals surface area contributed by atoms with Crippen LogP contribution in [0.4, 0.5) is 0 Å². The third-order valence-corrected chi connectivity index (χ3v) is 3.66. The Balaban J connectivity index is 2.19. The van der Waals surface area contributed by atoms with Gasteiger partial charge in [0.15, 0.2) is 0 Å². The molecule has 1 aromatic carbocycles. The average Bonchev–Trinajstić information content (AvgIpc) is 2.45. The smallest absolute Gasteiger partial charge is 0.103 e. The van der Waals surface area contributed by atoms with E-state index in [1.54, 1.807) is 0 Å². The molecule has 2 heteroatoms. The number of ether oxygens (including phenoxy) is 1. The first-order chi connectivity index (χ1) is 7.62. The molecule has 3 atom stereocenters. The predicted molar refractivity (Wildman–Crippen MR) is 66.4 cm³/mol. The summed E-state index contributed by atoms with van der Waals surface area (Å²) in [6.07, 6.45) is 0. The predicted octanol–water partition coefficient (Wildman–Crippen LogP) is 2.55. The molecule has 0 aromatic heterocycles. The normalized spacial score (nSPS) is 35.7. The molecule has 1 aliphatic rings. The molecule has 1 aliphatic heterocycles. The first-order valence-electron chi connectivity index (χ1n) is 6.05. The van der Waals surface area contributed by atoms with Crippen molar-refractivity contribution in [1.82, 2.24) is 5.32 Å². The molecule has 1 heterocycles. The quantitative estimate of drug-likeness (QED) is 0.783. The van der Waals surface area contributed by atoms with Crippen molar-refractivity contribution >= 4 is 0 Å². The Labute approximate surface area is 98.0 Å². The molecule has 0 bridgehead atoms. The van der Waals surface area contributed by atoms with Gasteiger partial charge in [-0.3, -0.25) is 0 Å². The lowest BCUT2D eigenvalue weighted by atomic mass is 9.96. The van der Waals surface area contributed by atoms with Crippen LogP contribution in [0.25, 0.3) is 0 Å². The standard InChI is InChI=1S/C14H21NO/c1-11-9-16-14(3,10-15-12(11)2)13-7-5-4-6-8-13/h4-8,11-12,15H,9-10H2,1-3H3. The summed E-state index contributed by atoms with van der Waals surface area (Å²) < 4.78 is 6.10. The Morgan fingerprint density at radius 2 is 1.94 bits per heavy atom. The third-order valence-electron chi connectivity index (χ3n) is 3.66. The average molecular weight is 219 g/mol. The van der Waals surface area contributed by atoms with Gasteiger partial charge >= 0.3 is 0 Å². The van der Waals surface area contributed by atoms with E-state index in [2.05, 4.69) is 50.4 Å². The zero-order valence-electron chi connectivity index (χ0n) is 10.4. The van der Waals surface area contributed by atoms with Gasteiger partial charge in [0.2, 0.25) is 0 Å². The summed E-state index contributed by atoms with van der Waals surface area (Å²) in [6.45, 7) is 8.32. The van der Waals surface area contributed by atoms with E-state index in [0.717, 1.165) is 13.2 Å². The molecule has 1 fully saturated rings. The zero-order valence-corrected chi connectivity index (χ0v) is 10.4. The summed E-state index contributed by atoms with van der Waals surface area (Å²) in [5, 5.41) is 3.56. The summed E-state index contributed by atoms with van der Waals surface area (Å²) >= 11 is 0. The van der Waals surface area contributed by atoms with Crippen molar-refractivity contribution in [3.8, 4) is 0 Å². The van der Waals surface area contributed by atoms with E-state index in [9.17, 15) is 0 Å². The Hall–Kier alpha value is -0.860. The van der Waals surface area contributed by atoms with Crippen molar-refractivity contribution in [3.63, 3.8) is 0 Å². The highest BCUT2D eigenvalue weighted by atomic mass is 16.5. The summed E-state index contributed by atoms with van der Waals surface area (Å²) in [7, 11) is 0. The molecule has 16 heavy (non-hydrogen) atoms. The number of hydrogen-bond acceptors (Lipinski definition) is 2. The lowest BCUT2D eigenvalue weighted by molar-refractivity contribution is -0.0337. The van der Waals surface area contributed by atoms with E-state index in [-0.39, 0.29) is 5.60 Å². The second-order valence-electron chi connectivity index (χ2n) is 5.05. The SMILES string of the molecule is CC1COC(C)(c2ccccc2)CNC1C. The minimum absolute atomic E-state index is 0.194. The lowest BCUT2D eigenvalue weighted by Gasteiger charge is -2.29. The van der Waals surface area contributed by atoms with E-state index in [4.69, 9.17) is 4.74 Å². The minimum atomic E-state index is -0.194. The fourth-order valence-electron chi connectivity index (χ4n) is 2.04. The van der Waals surface area contributed by atoms with Crippen LogP contribution < -0.4 is 5.32 Å². The summed E-state index contributed by atoms with van der Waals surface area (Å²) in [5.74, 6) is 0.561. The fraction of sp³-hybridized carbons (Fsp3) is 0.571. The number of hydrogen-bond donors (Lipinski definition) is 1. The van der Waals surface area contributed by atoms with Gasteiger partial charge in [-0.2, -0.15) is 0 Å². The van der Waals surface area contributed by atoms with Crippen molar-refractivity contribution in [1.29, 1.82) is 0 Å². The summed E-state index contributed by atoms with van der Waals surface area (Å²) in [4.78, 5) is 0. The van der Waals surface area contributed by atoms with Crippen LogP contribution in [0, 0.1) is 5.92 Å². The van der Waals surface area contributed by atoms with Crippen LogP contribution >= 0.6 is 0 Å². The molecule has 0 saturated carbocycles. The summed E-state index contributed by atoms with van der Waals surface area (Å²) in [6, 6.07) is 11.0. The van der Waals surface area contributed by atoms with E-state index in [1.165, 1.54) is 5.56 Å². The number of nitrogens with one attached hydrogen (secondary N) is 1. The van der Waals surface area contributed by atoms with Crippen LogP contribution in [-0.4, -0.2) is 19.2 Å². The minimum Gasteiger partial charge on any atom is -0.369 e. The van der Waals surface area contributed by atoms with Gasteiger partial charge in [0.1, 0.15) is 5.60 Å². The second-order valence-corrected chi connectivity index (χ2v) is 5.05. The van der Waals surface area contributed by atoms with Gasteiger partial charge in [0.25, 0.3) is 0 Å². The first-order valence-corrected chi connectivity index (χ1v) is 6.05. The van der Waals surface area contributed by atoms with E-state index in [1.807, 2.05) is 6.07 Å². The maximum absolute atomic E-state index is 6.10.